The summed E-state index contributed by atoms with van der Waals surface area (Å²) in [6.07, 6.45) is 0. The molecule has 2 nitrogen and oxygen atoms in total. The Labute approximate surface area is 78.8 Å². The van der Waals surface area contributed by atoms with Crippen LogP contribution in [0.3, 0.4) is 0 Å². The van der Waals surface area contributed by atoms with Crippen molar-refractivity contribution in [3.8, 4) is 11.5 Å². The third kappa shape index (κ3) is 1.94. The first-order valence-corrected chi connectivity index (χ1v) is 4.35. The summed E-state index contributed by atoms with van der Waals surface area (Å²) in [6, 6.07) is 3.41. The van der Waals surface area contributed by atoms with Crippen molar-refractivity contribution in [2.45, 2.75) is 33.1 Å². The maximum Gasteiger partial charge on any atom is 0.122 e. The molecule has 0 saturated carbocycles. The molecule has 0 aromatic heterocycles. The molecule has 0 amide bonds. The quantitative estimate of drug-likeness (QED) is 0.644. The van der Waals surface area contributed by atoms with Crippen LogP contribution in [0.4, 0.5) is 0 Å². The third-order valence-corrected chi connectivity index (χ3v) is 2.22. The summed E-state index contributed by atoms with van der Waals surface area (Å²) in [5, 5.41) is 19.0. The minimum Gasteiger partial charge on any atom is -0.508 e. The van der Waals surface area contributed by atoms with Gasteiger partial charge in [-0.05, 0) is 30.0 Å². The van der Waals surface area contributed by atoms with Gasteiger partial charge in [0.25, 0.3) is 0 Å². The van der Waals surface area contributed by atoms with Crippen molar-refractivity contribution in [3.05, 3.63) is 23.3 Å². The van der Waals surface area contributed by atoms with Gasteiger partial charge in [-0.25, -0.2) is 0 Å². The lowest BCUT2D eigenvalue weighted by Crippen LogP contribution is -2.10. The average molecular weight is 180 g/mol. The van der Waals surface area contributed by atoms with E-state index in [0.717, 1.165) is 5.56 Å². The summed E-state index contributed by atoms with van der Waals surface area (Å²) >= 11 is 0. The monoisotopic (exact) mass is 180 g/mol. The molecule has 1 aromatic rings. The van der Waals surface area contributed by atoms with E-state index in [0.29, 0.717) is 5.56 Å². The van der Waals surface area contributed by atoms with E-state index in [-0.39, 0.29) is 16.9 Å². The van der Waals surface area contributed by atoms with Gasteiger partial charge in [-0.1, -0.05) is 20.8 Å². The highest BCUT2D eigenvalue weighted by molar-refractivity contribution is 5.47. The molecule has 0 heterocycles. The summed E-state index contributed by atoms with van der Waals surface area (Å²) in [6.45, 7) is 7.81. The van der Waals surface area contributed by atoms with E-state index in [1.54, 1.807) is 19.1 Å². The molecule has 72 valence electrons. The first-order chi connectivity index (χ1) is 5.82. The van der Waals surface area contributed by atoms with Gasteiger partial charge in [0, 0.05) is 5.56 Å². The number of phenolic OH excluding ortho intramolecular Hbond substituents is 2. The highest BCUT2D eigenvalue weighted by atomic mass is 16.3. The van der Waals surface area contributed by atoms with E-state index in [1.165, 1.54) is 0 Å². The lowest BCUT2D eigenvalue weighted by Gasteiger charge is -2.20. The molecular weight excluding hydrogens is 164 g/mol. The van der Waals surface area contributed by atoms with E-state index >= 15 is 0 Å². The van der Waals surface area contributed by atoms with E-state index in [9.17, 15) is 10.2 Å². The Morgan fingerprint density at radius 3 is 1.69 bits per heavy atom. The van der Waals surface area contributed by atoms with Gasteiger partial charge in [0.05, 0.1) is 0 Å². The Morgan fingerprint density at radius 2 is 1.38 bits per heavy atom. The second kappa shape index (κ2) is 2.95. The molecule has 1 rings (SSSR count). The van der Waals surface area contributed by atoms with Crippen LogP contribution in [0, 0.1) is 6.92 Å². The summed E-state index contributed by atoms with van der Waals surface area (Å²) < 4.78 is 0. The number of hydrogen-bond donors (Lipinski definition) is 2. The predicted octanol–water partition coefficient (Wildman–Crippen LogP) is 2.70. The first-order valence-electron chi connectivity index (χ1n) is 4.35. The van der Waals surface area contributed by atoms with E-state index in [4.69, 9.17) is 0 Å². The SMILES string of the molecule is Cc1c(O)cc(C(C)(C)C)cc1O. The zero-order valence-electron chi connectivity index (χ0n) is 8.55. The van der Waals surface area contributed by atoms with Crippen LogP contribution in [-0.4, -0.2) is 10.2 Å². The van der Waals surface area contributed by atoms with Gasteiger partial charge in [0.2, 0.25) is 0 Å². The highest BCUT2D eigenvalue weighted by Crippen LogP contribution is 2.33. The van der Waals surface area contributed by atoms with Crippen molar-refractivity contribution < 1.29 is 10.2 Å². The van der Waals surface area contributed by atoms with Crippen LogP contribution >= 0.6 is 0 Å². The van der Waals surface area contributed by atoms with Crippen LogP contribution in [0.15, 0.2) is 12.1 Å². The molecule has 0 aliphatic rings. The summed E-state index contributed by atoms with van der Waals surface area (Å²) in [5.41, 5.74) is 1.42. The van der Waals surface area contributed by atoms with E-state index < -0.39 is 0 Å². The Bertz CT molecular complexity index is 298. The smallest absolute Gasteiger partial charge is 0.122 e. The maximum atomic E-state index is 9.48. The van der Waals surface area contributed by atoms with Gasteiger partial charge < -0.3 is 10.2 Å². The molecule has 0 radical (unpaired) electrons. The minimum absolute atomic E-state index is 0.0529. The maximum absolute atomic E-state index is 9.48. The standard InChI is InChI=1S/C11H16O2/c1-7-9(12)5-8(6-10(7)13)11(2,3)4/h5-6,12-13H,1-4H3. The summed E-state index contributed by atoms with van der Waals surface area (Å²) in [5.74, 6) is 0.315. The van der Waals surface area contributed by atoms with Crippen LogP contribution in [-0.2, 0) is 5.41 Å². The second-order valence-electron chi connectivity index (χ2n) is 4.39. The summed E-state index contributed by atoms with van der Waals surface area (Å²) in [4.78, 5) is 0. The Hall–Kier alpha value is -1.18. The fourth-order valence-corrected chi connectivity index (χ4v) is 1.12. The lowest BCUT2D eigenvalue weighted by molar-refractivity contribution is 0.437. The van der Waals surface area contributed by atoms with Crippen molar-refractivity contribution in [2.24, 2.45) is 0 Å². The van der Waals surface area contributed by atoms with Crippen molar-refractivity contribution >= 4 is 0 Å². The normalized spacial score (nSPS) is 11.7. The third-order valence-electron chi connectivity index (χ3n) is 2.22. The zero-order valence-corrected chi connectivity index (χ0v) is 8.55. The Kier molecular flexibility index (Phi) is 2.24. The van der Waals surface area contributed by atoms with Crippen LogP contribution in [0.1, 0.15) is 31.9 Å². The minimum atomic E-state index is -0.0529. The van der Waals surface area contributed by atoms with Gasteiger partial charge in [-0.15, -0.1) is 0 Å². The van der Waals surface area contributed by atoms with Gasteiger partial charge in [-0.2, -0.15) is 0 Å². The second-order valence-corrected chi connectivity index (χ2v) is 4.39. The van der Waals surface area contributed by atoms with Gasteiger partial charge in [0.1, 0.15) is 11.5 Å². The molecule has 0 unspecified atom stereocenters. The molecule has 2 heteroatoms. The molecule has 0 bridgehead atoms. The Morgan fingerprint density at radius 1 is 1.00 bits per heavy atom. The molecule has 13 heavy (non-hydrogen) atoms. The van der Waals surface area contributed by atoms with Gasteiger partial charge >= 0.3 is 0 Å². The fraction of sp³-hybridized carbons (Fsp3) is 0.455. The first kappa shape index (κ1) is 9.90. The predicted molar refractivity (Wildman–Crippen MR) is 53.2 cm³/mol. The van der Waals surface area contributed by atoms with Crippen LogP contribution in [0.2, 0.25) is 0 Å². The topological polar surface area (TPSA) is 40.5 Å². The summed E-state index contributed by atoms with van der Waals surface area (Å²) in [7, 11) is 0. The number of benzene rings is 1. The van der Waals surface area contributed by atoms with Crippen LogP contribution in [0.25, 0.3) is 0 Å². The zero-order chi connectivity index (χ0) is 10.2. The number of aromatic hydroxyl groups is 2. The molecule has 0 aliphatic heterocycles. The Balaban J connectivity index is 3.29. The number of phenols is 2. The highest BCUT2D eigenvalue weighted by Gasteiger charge is 2.16. The average Bonchev–Trinajstić information content (AvgIpc) is 1.97. The van der Waals surface area contributed by atoms with Crippen molar-refractivity contribution in [3.63, 3.8) is 0 Å². The van der Waals surface area contributed by atoms with Crippen LogP contribution in [0.5, 0.6) is 11.5 Å². The van der Waals surface area contributed by atoms with E-state index in [1.807, 2.05) is 20.8 Å². The molecule has 0 spiro atoms. The number of rotatable bonds is 0. The van der Waals surface area contributed by atoms with Gasteiger partial charge in [-0.3, -0.25) is 0 Å². The molecule has 1 aromatic carbocycles. The van der Waals surface area contributed by atoms with Crippen molar-refractivity contribution in [1.29, 1.82) is 0 Å². The van der Waals surface area contributed by atoms with Gasteiger partial charge in [0.15, 0.2) is 0 Å². The molecular formula is C11H16O2. The largest absolute Gasteiger partial charge is 0.508 e. The van der Waals surface area contributed by atoms with Crippen molar-refractivity contribution in [2.75, 3.05) is 0 Å². The van der Waals surface area contributed by atoms with Crippen LogP contribution < -0.4 is 0 Å². The fourth-order valence-electron chi connectivity index (χ4n) is 1.12. The van der Waals surface area contributed by atoms with Crippen molar-refractivity contribution in [1.82, 2.24) is 0 Å². The van der Waals surface area contributed by atoms with E-state index in [2.05, 4.69) is 0 Å². The molecule has 0 atom stereocenters. The molecule has 0 aliphatic carbocycles. The number of hydrogen-bond acceptors (Lipinski definition) is 2. The molecule has 0 fully saturated rings. The molecule has 2 N–H and O–H groups in total. The molecule has 0 saturated heterocycles. The lowest BCUT2D eigenvalue weighted by atomic mass is 9.86.